The quantitative estimate of drug-likeness (QED) is 0.356. The lowest BCUT2D eigenvalue weighted by Crippen LogP contribution is -2.38. The molecular formula is C13H16N4O2. The first kappa shape index (κ1) is 12.0. The number of nitrogens with two attached hydrogens (primary N) is 1. The molecule has 1 amide bonds. The SMILES string of the molecule is NC(=NO)c1ccc(C(=O)N2CC3CCC2C3)nc1. The summed E-state index contributed by atoms with van der Waals surface area (Å²) in [6, 6.07) is 3.66. The zero-order chi connectivity index (χ0) is 13.4. The number of aromatic nitrogens is 1. The van der Waals surface area contributed by atoms with E-state index in [0.29, 0.717) is 23.2 Å². The Morgan fingerprint density at radius 1 is 1.47 bits per heavy atom. The first-order valence-electron chi connectivity index (χ1n) is 6.44. The fraction of sp³-hybridized carbons (Fsp3) is 0.462. The van der Waals surface area contributed by atoms with Gasteiger partial charge in [-0.05, 0) is 37.3 Å². The van der Waals surface area contributed by atoms with Crippen molar-refractivity contribution in [2.75, 3.05) is 6.54 Å². The Kier molecular flexibility index (Phi) is 2.85. The van der Waals surface area contributed by atoms with Crippen LogP contribution in [0.3, 0.4) is 0 Å². The second kappa shape index (κ2) is 4.53. The molecule has 2 atom stereocenters. The lowest BCUT2D eigenvalue weighted by atomic mass is 10.1. The fourth-order valence-electron chi connectivity index (χ4n) is 3.05. The maximum Gasteiger partial charge on any atom is 0.272 e. The van der Waals surface area contributed by atoms with Crippen molar-refractivity contribution in [1.82, 2.24) is 9.88 Å². The highest BCUT2D eigenvalue weighted by atomic mass is 16.4. The molecule has 2 bridgehead atoms. The molecule has 0 spiro atoms. The van der Waals surface area contributed by atoms with Crippen molar-refractivity contribution in [3.8, 4) is 0 Å². The van der Waals surface area contributed by atoms with Gasteiger partial charge in [0, 0.05) is 24.3 Å². The van der Waals surface area contributed by atoms with E-state index in [1.54, 1.807) is 12.1 Å². The second-order valence-electron chi connectivity index (χ2n) is 5.21. The number of hydrogen-bond donors (Lipinski definition) is 2. The zero-order valence-electron chi connectivity index (χ0n) is 10.5. The summed E-state index contributed by atoms with van der Waals surface area (Å²) in [4.78, 5) is 18.4. The number of fused-ring (bicyclic) bond motifs is 2. The molecule has 1 aliphatic carbocycles. The number of oxime groups is 1. The van der Waals surface area contributed by atoms with E-state index in [0.717, 1.165) is 19.4 Å². The lowest BCUT2D eigenvalue weighted by Gasteiger charge is -2.26. The summed E-state index contributed by atoms with van der Waals surface area (Å²) in [7, 11) is 0. The fourth-order valence-corrected chi connectivity index (χ4v) is 3.05. The maximum atomic E-state index is 12.3. The molecule has 1 aliphatic heterocycles. The molecule has 3 N–H and O–H groups in total. The summed E-state index contributed by atoms with van der Waals surface area (Å²) >= 11 is 0. The van der Waals surface area contributed by atoms with Crippen molar-refractivity contribution in [3.05, 3.63) is 29.6 Å². The van der Waals surface area contributed by atoms with Gasteiger partial charge in [-0.15, -0.1) is 0 Å². The summed E-state index contributed by atoms with van der Waals surface area (Å²) in [5.74, 6) is 0.648. The first-order valence-corrected chi connectivity index (χ1v) is 6.44. The van der Waals surface area contributed by atoms with Gasteiger partial charge in [0.25, 0.3) is 5.91 Å². The summed E-state index contributed by atoms with van der Waals surface area (Å²) in [5, 5.41) is 11.5. The van der Waals surface area contributed by atoms with Crippen LogP contribution in [0.1, 0.15) is 35.3 Å². The number of amides is 1. The molecule has 0 aromatic carbocycles. The summed E-state index contributed by atoms with van der Waals surface area (Å²) in [6.45, 7) is 0.854. The van der Waals surface area contributed by atoms with Crippen LogP contribution in [0.15, 0.2) is 23.5 Å². The summed E-state index contributed by atoms with van der Waals surface area (Å²) < 4.78 is 0. The van der Waals surface area contributed by atoms with E-state index in [1.165, 1.54) is 12.6 Å². The van der Waals surface area contributed by atoms with Gasteiger partial charge in [-0.25, -0.2) is 0 Å². The highest BCUT2D eigenvalue weighted by Gasteiger charge is 2.40. The van der Waals surface area contributed by atoms with Crippen LogP contribution in [-0.2, 0) is 0 Å². The highest BCUT2D eigenvalue weighted by Crippen LogP contribution is 2.37. The predicted octanol–water partition coefficient (Wildman–Crippen LogP) is 0.801. The van der Waals surface area contributed by atoms with E-state index >= 15 is 0 Å². The zero-order valence-corrected chi connectivity index (χ0v) is 10.5. The van der Waals surface area contributed by atoms with E-state index in [4.69, 9.17) is 10.9 Å². The van der Waals surface area contributed by atoms with E-state index in [1.807, 2.05) is 4.90 Å². The standard InChI is InChI=1S/C13H16N4O2/c14-12(16-19)9-2-4-11(15-6-9)13(18)17-7-8-1-3-10(17)5-8/h2,4,6,8,10,19H,1,3,5,7H2,(H2,14,16). The van der Waals surface area contributed by atoms with Crippen molar-refractivity contribution >= 4 is 11.7 Å². The molecule has 1 saturated carbocycles. The number of amidine groups is 1. The minimum atomic E-state index is -0.0155. The van der Waals surface area contributed by atoms with Gasteiger partial charge in [0.05, 0.1) is 0 Å². The van der Waals surface area contributed by atoms with Gasteiger partial charge < -0.3 is 15.8 Å². The van der Waals surface area contributed by atoms with Gasteiger partial charge in [-0.3, -0.25) is 9.78 Å². The Morgan fingerprint density at radius 3 is 2.84 bits per heavy atom. The Hall–Kier alpha value is -2.11. The second-order valence-corrected chi connectivity index (χ2v) is 5.21. The molecule has 3 rings (SSSR count). The average molecular weight is 260 g/mol. The third-order valence-electron chi connectivity index (χ3n) is 4.06. The monoisotopic (exact) mass is 260 g/mol. The van der Waals surface area contributed by atoms with Gasteiger partial charge in [0.15, 0.2) is 5.84 Å². The van der Waals surface area contributed by atoms with Crippen LogP contribution in [0.4, 0.5) is 0 Å². The molecule has 19 heavy (non-hydrogen) atoms. The molecule has 1 saturated heterocycles. The van der Waals surface area contributed by atoms with Crippen molar-refractivity contribution in [3.63, 3.8) is 0 Å². The largest absolute Gasteiger partial charge is 0.409 e. The van der Waals surface area contributed by atoms with Crippen LogP contribution in [-0.4, -0.2) is 39.4 Å². The number of pyridine rings is 1. The van der Waals surface area contributed by atoms with Gasteiger partial charge in [-0.1, -0.05) is 5.16 Å². The van der Waals surface area contributed by atoms with Crippen molar-refractivity contribution in [2.24, 2.45) is 16.8 Å². The van der Waals surface area contributed by atoms with Crippen LogP contribution < -0.4 is 5.73 Å². The lowest BCUT2D eigenvalue weighted by molar-refractivity contribution is 0.0697. The van der Waals surface area contributed by atoms with Crippen molar-refractivity contribution in [2.45, 2.75) is 25.3 Å². The van der Waals surface area contributed by atoms with Crippen LogP contribution in [0.2, 0.25) is 0 Å². The highest BCUT2D eigenvalue weighted by molar-refractivity contribution is 5.98. The van der Waals surface area contributed by atoms with E-state index in [2.05, 4.69) is 10.1 Å². The molecule has 1 aromatic rings. The number of piperidine rings is 1. The van der Waals surface area contributed by atoms with E-state index in [9.17, 15) is 4.79 Å². The first-order chi connectivity index (χ1) is 9.19. The maximum absolute atomic E-state index is 12.3. The summed E-state index contributed by atoms with van der Waals surface area (Å²) in [5.41, 5.74) is 6.38. The number of carbonyl (C=O) groups is 1. The van der Waals surface area contributed by atoms with E-state index in [-0.39, 0.29) is 11.7 Å². The van der Waals surface area contributed by atoms with Crippen LogP contribution in [0.25, 0.3) is 0 Å². The van der Waals surface area contributed by atoms with Crippen molar-refractivity contribution < 1.29 is 10.0 Å². The Bertz CT molecular complexity index is 526. The van der Waals surface area contributed by atoms with Gasteiger partial charge in [-0.2, -0.15) is 0 Å². The molecule has 6 heteroatoms. The number of rotatable bonds is 2. The molecular weight excluding hydrogens is 244 g/mol. The molecule has 1 aromatic heterocycles. The number of nitrogens with zero attached hydrogens (tertiary/aromatic N) is 3. The van der Waals surface area contributed by atoms with Crippen LogP contribution in [0.5, 0.6) is 0 Å². The Balaban J connectivity index is 1.77. The third-order valence-corrected chi connectivity index (χ3v) is 4.06. The molecule has 0 radical (unpaired) electrons. The van der Waals surface area contributed by atoms with Gasteiger partial charge >= 0.3 is 0 Å². The minimum absolute atomic E-state index is 0.00766. The number of carbonyl (C=O) groups excluding carboxylic acids is 1. The molecule has 2 unspecified atom stereocenters. The van der Waals surface area contributed by atoms with Crippen LogP contribution in [0, 0.1) is 5.92 Å². The van der Waals surface area contributed by atoms with Gasteiger partial charge in [0.1, 0.15) is 5.69 Å². The molecule has 6 nitrogen and oxygen atoms in total. The topological polar surface area (TPSA) is 91.8 Å². The minimum Gasteiger partial charge on any atom is -0.409 e. The number of likely N-dealkylation sites (tertiary alicyclic amines) is 1. The van der Waals surface area contributed by atoms with E-state index < -0.39 is 0 Å². The third kappa shape index (κ3) is 2.03. The van der Waals surface area contributed by atoms with Crippen LogP contribution >= 0.6 is 0 Å². The van der Waals surface area contributed by atoms with Gasteiger partial charge in [0.2, 0.25) is 0 Å². The summed E-state index contributed by atoms with van der Waals surface area (Å²) in [6.07, 6.45) is 4.94. The number of hydrogen-bond acceptors (Lipinski definition) is 4. The molecule has 2 aliphatic rings. The molecule has 2 heterocycles. The Labute approximate surface area is 110 Å². The normalized spacial score (nSPS) is 25.9. The molecule has 100 valence electrons. The average Bonchev–Trinajstić information content (AvgIpc) is 3.08. The smallest absolute Gasteiger partial charge is 0.272 e. The molecule has 2 fully saturated rings. The predicted molar refractivity (Wildman–Crippen MR) is 68.9 cm³/mol. The van der Waals surface area contributed by atoms with Crippen molar-refractivity contribution in [1.29, 1.82) is 0 Å². The Morgan fingerprint density at radius 2 is 2.32 bits per heavy atom.